The summed E-state index contributed by atoms with van der Waals surface area (Å²) in [6.07, 6.45) is 2.08. The minimum atomic E-state index is -0.998. The van der Waals surface area contributed by atoms with E-state index in [1.54, 1.807) is 33.1 Å². The van der Waals surface area contributed by atoms with Gasteiger partial charge in [0, 0.05) is 32.5 Å². The van der Waals surface area contributed by atoms with E-state index >= 15 is 0 Å². The van der Waals surface area contributed by atoms with Gasteiger partial charge in [0.05, 0.1) is 45.6 Å². The molecule has 1 aromatic carbocycles. The van der Waals surface area contributed by atoms with E-state index in [2.05, 4.69) is 16.0 Å². The second kappa shape index (κ2) is 14.2. The molecule has 41 heavy (non-hydrogen) atoms. The Morgan fingerprint density at radius 3 is 2.32 bits per heavy atom. The molecule has 3 saturated heterocycles. The van der Waals surface area contributed by atoms with Gasteiger partial charge < -0.3 is 34.9 Å². The number of benzene rings is 1. The second-order valence-corrected chi connectivity index (χ2v) is 11.1. The summed E-state index contributed by atoms with van der Waals surface area (Å²) < 4.78 is 21.7. The van der Waals surface area contributed by atoms with E-state index < -0.39 is 35.5 Å². The molecule has 0 radical (unpaired) electrons. The van der Waals surface area contributed by atoms with Crippen LogP contribution in [0.3, 0.4) is 0 Å². The molecule has 0 bridgehead atoms. The number of hydrogen-bond donors (Lipinski definition) is 3. The topological polar surface area (TPSA) is 148 Å². The number of ether oxygens (including phenoxy) is 4. The van der Waals surface area contributed by atoms with Crippen molar-refractivity contribution >= 4 is 23.5 Å². The number of morpholine rings is 1. The molecule has 3 amide bonds. The number of nitrogens with one attached hydrogen (secondary N) is 3. The van der Waals surface area contributed by atoms with Crippen molar-refractivity contribution in [3.05, 3.63) is 29.8 Å². The molecule has 4 rings (SSSR count). The smallest absolute Gasteiger partial charge is 0.243 e. The van der Waals surface area contributed by atoms with Crippen LogP contribution >= 0.6 is 0 Å². The summed E-state index contributed by atoms with van der Waals surface area (Å²) >= 11 is 0. The van der Waals surface area contributed by atoms with Crippen molar-refractivity contribution in [2.24, 2.45) is 0 Å². The van der Waals surface area contributed by atoms with Crippen LogP contribution in [0.4, 0.5) is 0 Å². The molecule has 226 valence electrons. The van der Waals surface area contributed by atoms with Gasteiger partial charge >= 0.3 is 0 Å². The highest BCUT2D eigenvalue weighted by Gasteiger charge is 2.50. The molecule has 12 heteroatoms. The van der Waals surface area contributed by atoms with E-state index in [9.17, 15) is 19.2 Å². The summed E-state index contributed by atoms with van der Waals surface area (Å²) in [6, 6.07) is 4.48. The second-order valence-electron chi connectivity index (χ2n) is 11.1. The predicted octanol–water partition coefficient (Wildman–Crippen LogP) is -0.0287. The number of hydrogen-bond acceptors (Lipinski definition) is 9. The zero-order chi connectivity index (χ0) is 29.4. The molecular weight excluding hydrogens is 532 g/mol. The highest BCUT2D eigenvalue weighted by Crippen LogP contribution is 2.30. The first-order valence-corrected chi connectivity index (χ1v) is 14.3. The fraction of sp³-hybridized carbons (Fsp3) is 0.655. The molecule has 0 spiro atoms. The Morgan fingerprint density at radius 1 is 1.02 bits per heavy atom. The maximum absolute atomic E-state index is 13.7. The molecule has 0 saturated carbocycles. The summed E-state index contributed by atoms with van der Waals surface area (Å²) in [4.78, 5) is 54.6. The fourth-order valence-corrected chi connectivity index (χ4v) is 5.03. The van der Waals surface area contributed by atoms with Gasteiger partial charge in [-0.25, -0.2) is 0 Å². The van der Waals surface area contributed by atoms with Gasteiger partial charge in [-0.15, -0.1) is 0 Å². The number of Topliss-reactive ketones (excluding diaryl/α,β-unsaturated/α-hetero) is 1. The summed E-state index contributed by atoms with van der Waals surface area (Å²) in [5, 5.41) is 8.39. The number of methoxy groups -OCH3 is 1. The lowest BCUT2D eigenvalue weighted by Gasteiger charge is -2.27. The molecule has 3 heterocycles. The maximum Gasteiger partial charge on any atom is 0.243 e. The molecule has 0 aliphatic carbocycles. The first-order chi connectivity index (χ1) is 19.7. The fourth-order valence-electron chi connectivity index (χ4n) is 5.03. The number of nitrogens with zero attached hydrogens (tertiary/aromatic N) is 1. The molecule has 3 fully saturated rings. The maximum atomic E-state index is 13.7. The van der Waals surface area contributed by atoms with Crippen LogP contribution in [0.25, 0.3) is 0 Å². The molecule has 1 aromatic rings. The van der Waals surface area contributed by atoms with Crippen molar-refractivity contribution in [2.45, 2.75) is 69.4 Å². The van der Waals surface area contributed by atoms with Crippen LogP contribution in [-0.4, -0.2) is 111 Å². The summed E-state index contributed by atoms with van der Waals surface area (Å²) in [6.45, 7) is 6.79. The molecule has 3 aliphatic rings. The first-order valence-electron chi connectivity index (χ1n) is 14.3. The van der Waals surface area contributed by atoms with Gasteiger partial charge in [-0.1, -0.05) is 12.1 Å². The Balaban J connectivity index is 1.43. The Labute approximate surface area is 240 Å². The number of carbonyl (C=O) groups excluding carboxylic acids is 4. The first kappa shape index (κ1) is 30.9. The zero-order valence-corrected chi connectivity index (χ0v) is 24.1. The minimum absolute atomic E-state index is 0.136. The molecule has 0 aromatic heterocycles. The largest absolute Gasteiger partial charge is 0.497 e. The molecule has 12 nitrogen and oxygen atoms in total. The summed E-state index contributed by atoms with van der Waals surface area (Å²) in [7, 11) is 1.56. The summed E-state index contributed by atoms with van der Waals surface area (Å²) in [5.41, 5.74) is -0.139. The van der Waals surface area contributed by atoms with Crippen molar-refractivity contribution in [1.82, 2.24) is 20.9 Å². The Kier molecular flexibility index (Phi) is 10.7. The number of rotatable bonds is 14. The molecular formula is C29H42N4O8. The van der Waals surface area contributed by atoms with Crippen LogP contribution in [0.2, 0.25) is 0 Å². The average Bonchev–Trinajstić information content (AvgIpc) is 3.51. The van der Waals surface area contributed by atoms with Crippen molar-refractivity contribution < 1.29 is 38.1 Å². The van der Waals surface area contributed by atoms with E-state index in [1.807, 2.05) is 17.0 Å². The van der Waals surface area contributed by atoms with E-state index in [0.717, 1.165) is 18.4 Å². The van der Waals surface area contributed by atoms with Gasteiger partial charge in [0.25, 0.3) is 0 Å². The number of ketones is 1. The molecule has 5 atom stereocenters. The standard InChI is InChI=1S/C29H42N4O8/c1-19(30-25(34)17-33-10-13-39-14-11-33)27(36)32-24(15-20-6-8-21(38-3)9-7-20)28(37)31-23(16-22-5-4-12-40-22)26(35)29(2)18-41-29/h6-9,19,22-24H,4-5,10-18H2,1-3H3,(H,30,34)(H,31,37)(H,32,36). The number of amides is 3. The highest BCUT2D eigenvalue weighted by atomic mass is 16.6. The van der Waals surface area contributed by atoms with Crippen molar-refractivity contribution in [3.63, 3.8) is 0 Å². The third-order valence-corrected chi connectivity index (χ3v) is 7.73. The third-order valence-electron chi connectivity index (χ3n) is 7.73. The normalized spacial score (nSPS) is 24.5. The van der Waals surface area contributed by atoms with Crippen LogP contribution in [-0.2, 0) is 39.8 Å². The highest BCUT2D eigenvalue weighted by molar-refractivity contribution is 5.98. The van der Waals surface area contributed by atoms with Gasteiger partial charge in [0.15, 0.2) is 5.78 Å². The zero-order valence-electron chi connectivity index (χ0n) is 24.1. The van der Waals surface area contributed by atoms with E-state index in [4.69, 9.17) is 18.9 Å². The molecule has 5 unspecified atom stereocenters. The van der Waals surface area contributed by atoms with Crippen molar-refractivity contribution in [3.8, 4) is 5.75 Å². The van der Waals surface area contributed by atoms with Gasteiger partial charge in [-0.3, -0.25) is 24.1 Å². The lowest BCUT2D eigenvalue weighted by atomic mass is 9.94. The van der Waals surface area contributed by atoms with Gasteiger partial charge in [-0.2, -0.15) is 0 Å². The van der Waals surface area contributed by atoms with Crippen molar-refractivity contribution in [2.75, 3.05) is 53.2 Å². The third kappa shape index (κ3) is 8.96. The van der Waals surface area contributed by atoms with Gasteiger partial charge in [0.1, 0.15) is 23.4 Å². The predicted molar refractivity (Wildman–Crippen MR) is 148 cm³/mol. The Morgan fingerprint density at radius 2 is 1.71 bits per heavy atom. The van der Waals surface area contributed by atoms with Crippen LogP contribution in [0.1, 0.15) is 38.7 Å². The molecule has 3 aliphatic heterocycles. The van der Waals surface area contributed by atoms with Crippen LogP contribution in [0.5, 0.6) is 5.75 Å². The molecule has 3 N–H and O–H groups in total. The van der Waals surface area contributed by atoms with E-state index in [0.29, 0.717) is 51.7 Å². The van der Waals surface area contributed by atoms with Gasteiger partial charge in [-0.05, 0) is 44.4 Å². The lowest BCUT2D eigenvalue weighted by molar-refractivity contribution is -0.134. The van der Waals surface area contributed by atoms with Crippen LogP contribution in [0, 0.1) is 0 Å². The SMILES string of the molecule is COc1ccc(CC(NC(=O)C(C)NC(=O)CN2CCOCC2)C(=O)NC(CC2CCCO2)C(=O)C2(C)CO2)cc1. The number of epoxide rings is 1. The van der Waals surface area contributed by atoms with Crippen LogP contribution in [0.15, 0.2) is 24.3 Å². The van der Waals surface area contributed by atoms with E-state index in [-0.39, 0.29) is 30.8 Å². The minimum Gasteiger partial charge on any atom is -0.497 e. The quantitative estimate of drug-likeness (QED) is 0.261. The van der Waals surface area contributed by atoms with Crippen molar-refractivity contribution in [1.29, 1.82) is 0 Å². The van der Waals surface area contributed by atoms with E-state index in [1.165, 1.54) is 0 Å². The number of carbonyl (C=O) groups is 4. The van der Waals surface area contributed by atoms with Gasteiger partial charge in [0.2, 0.25) is 17.7 Å². The summed E-state index contributed by atoms with van der Waals surface area (Å²) in [5.74, 6) is -0.837. The van der Waals surface area contributed by atoms with Crippen LogP contribution < -0.4 is 20.7 Å². The Hall–Kier alpha value is -3.06. The Bertz CT molecular complexity index is 1070. The monoisotopic (exact) mass is 574 g/mol. The lowest BCUT2D eigenvalue weighted by Crippen LogP contribution is -2.57. The average molecular weight is 575 g/mol.